The van der Waals surface area contributed by atoms with Gasteiger partial charge in [-0.25, -0.2) is 9.18 Å². The molecule has 2 aromatic carbocycles. The molecule has 0 aromatic heterocycles. The zero-order chi connectivity index (χ0) is 22.1. The quantitative estimate of drug-likeness (QED) is 0.778. The maximum Gasteiger partial charge on any atom is 0.323 e. The number of carbonyl (C=O) groups excluding carboxylic acids is 2. The van der Waals surface area contributed by atoms with Gasteiger partial charge in [-0.15, -0.1) is 0 Å². The number of hydrogen-bond donors (Lipinski definition) is 2. The predicted octanol–water partition coefficient (Wildman–Crippen LogP) is 3.99. The molecule has 2 aliphatic heterocycles. The van der Waals surface area contributed by atoms with E-state index in [1.807, 2.05) is 30.9 Å². The molecular formula is C23H27FN4O3. The molecule has 2 aromatic rings. The molecule has 4 rings (SSSR count). The molecule has 31 heavy (non-hydrogen) atoms. The van der Waals surface area contributed by atoms with Gasteiger partial charge in [-0.05, 0) is 62.2 Å². The first-order valence-corrected chi connectivity index (χ1v) is 10.5. The number of amides is 3. The zero-order valence-corrected chi connectivity index (χ0v) is 17.9. The number of rotatable bonds is 3. The average Bonchev–Trinajstić information content (AvgIpc) is 3.10. The number of fused-ring (bicyclic) bond motifs is 1. The summed E-state index contributed by atoms with van der Waals surface area (Å²) in [5, 5.41) is 5.45. The molecule has 2 atom stereocenters. The second-order valence-electron chi connectivity index (χ2n) is 8.17. The van der Waals surface area contributed by atoms with Crippen molar-refractivity contribution < 1.29 is 18.7 Å². The second kappa shape index (κ2) is 8.55. The fraction of sp³-hybridized carbons (Fsp3) is 0.391. The summed E-state index contributed by atoms with van der Waals surface area (Å²) in [7, 11) is 0. The van der Waals surface area contributed by atoms with E-state index in [9.17, 15) is 14.0 Å². The highest BCUT2D eigenvalue weighted by Crippen LogP contribution is 2.31. The Balaban J connectivity index is 1.40. The first-order valence-electron chi connectivity index (χ1n) is 10.5. The first-order chi connectivity index (χ1) is 14.8. The molecule has 1 fully saturated rings. The normalized spacial score (nSPS) is 20.4. The highest BCUT2D eigenvalue weighted by atomic mass is 19.1. The largest absolute Gasteiger partial charge is 0.372 e. The molecule has 0 bridgehead atoms. The molecule has 3 amide bonds. The van der Waals surface area contributed by atoms with Crippen LogP contribution in [0.5, 0.6) is 0 Å². The number of ether oxygens (including phenoxy) is 1. The number of nitrogens with one attached hydrogen (secondary N) is 2. The minimum absolute atomic E-state index is 0.00340. The highest BCUT2D eigenvalue weighted by Gasteiger charge is 2.25. The van der Waals surface area contributed by atoms with Crippen molar-refractivity contribution in [3.05, 3.63) is 47.8 Å². The Morgan fingerprint density at radius 2 is 1.61 bits per heavy atom. The van der Waals surface area contributed by atoms with E-state index in [0.717, 1.165) is 17.7 Å². The van der Waals surface area contributed by atoms with E-state index in [0.29, 0.717) is 36.7 Å². The van der Waals surface area contributed by atoms with Crippen molar-refractivity contribution in [2.45, 2.75) is 39.4 Å². The molecule has 8 heteroatoms. The molecule has 2 N–H and O–H groups in total. The van der Waals surface area contributed by atoms with Gasteiger partial charge in [0.2, 0.25) is 5.91 Å². The summed E-state index contributed by atoms with van der Waals surface area (Å²) in [4.78, 5) is 27.8. The number of benzene rings is 2. The second-order valence-corrected chi connectivity index (χ2v) is 8.17. The van der Waals surface area contributed by atoms with E-state index < -0.39 is 6.03 Å². The van der Waals surface area contributed by atoms with Crippen molar-refractivity contribution >= 4 is 34.7 Å². The Labute approximate surface area is 181 Å². The third-order valence-electron chi connectivity index (χ3n) is 5.58. The van der Waals surface area contributed by atoms with Gasteiger partial charge >= 0.3 is 6.03 Å². The van der Waals surface area contributed by atoms with Crippen LogP contribution in [0.3, 0.4) is 0 Å². The first kappa shape index (κ1) is 21.1. The molecule has 0 aliphatic carbocycles. The van der Waals surface area contributed by atoms with Crippen molar-refractivity contribution in [2.75, 3.05) is 40.1 Å². The van der Waals surface area contributed by atoms with E-state index in [-0.39, 0.29) is 23.9 Å². The van der Waals surface area contributed by atoms with E-state index in [2.05, 4.69) is 10.6 Å². The lowest BCUT2D eigenvalue weighted by atomic mass is 10.1. The fourth-order valence-electron chi connectivity index (χ4n) is 4.32. The molecule has 0 radical (unpaired) electrons. The summed E-state index contributed by atoms with van der Waals surface area (Å²) in [6.45, 7) is 7.36. The summed E-state index contributed by atoms with van der Waals surface area (Å²) in [5.41, 5.74) is 3.38. The van der Waals surface area contributed by atoms with E-state index in [4.69, 9.17) is 4.74 Å². The van der Waals surface area contributed by atoms with Crippen LogP contribution in [-0.2, 0) is 16.0 Å². The molecule has 1 saturated heterocycles. The van der Waals surface area contributed by atoms with Crippen LogP contribution in [0.1, 0.15) is 26.3 Å². The lowest BCUT2D eigenvalue weighted by Gasteiger charge is -2.37. The van der Waals surface area contributed by atoms with Crippen LogP contribution >= 0.6 is 0 Å². The van der Waals surface area contributed by atoms with Crippen LogP contribution in [0, 0.1) is 5.82 Å². The maximum atomic E-state index is 14.7. The van der Waals surface area contributed by atoms with Gasteiger partial charge in [-0.2, -0.15) is 0 Å². The van der Waals surface area contributed by atoms with Crippen LogP contribution < -0.4 is 20.4 Å². The lowest BCUT2D eigenvalue weighted by molar-refractivity contribution is -0.116. The summed E-state index contributed by atoms with van der Waals surface area (Å²) in [6, 6.07) is 9.69. The Kier molecular flexibility index (Phi) is 5.82. The number of morpholine rings is 1. The van der Waals surface area contributed by atoms with Gasteiger partial charge in [0.1, 0.15) is 5.82 Å². The number of nitrogens with zero attached hydrogens (tertiary/aromatic N) is 2. The van der Waals surface area contributed by atoms with Gasteiger partial charge in [0, 0.05) is 43.6 Å². The van der Waals surface area contributed by atoms with E-state index >= 15 is 0 Å². The predicted molar refractivity (Wildman–Crippen MR) is 119 cm³/mol. The van der Waals surface area contributed by atoms with Gasteiger partial charge in [-0.1, -0.05) is 0 Å². The number of halogens is 1. The van der Waals surface area contributed by atoms with Crippen LogP contribution in [0.2, 0.25) is 0 Å². The molecule has 7 nitrogen and oxygen atoms in total. The lowest BCUT2D eigenvalue weighted by Crippen LogP contribution is -2.45. The third kappa shape index (κ3) is 4.64. The summed E-state index contributed by atoms with van der Waals surface area (Å²) in [5.74, 6) is -0.385. The third-order valence-corrected chi connectivity index (χ3v) is 5.58. The number of anilines is 4. The van der Waals surface area contributed by atoms with Crippen LogP contribution in [0.15, 0.2) is 36.4 Å². The molecule has 164 valence electrons. The Bertz CT molecular complexity index is 1000. The topological polar surface area (TPSA) is 73.9 Å². The SMILES string of the molecule is CC(=O)N1CCc2cc(NC(=O)Nc3ccc(N4C[C@H](C)O[C@@H](C)C4)c(F)c3)ccc21. The van der Waals surface area contributed by atoms with Crippen molar-refractivity contribution in [3.63, 3.8) is 0 Å². The summed E-state index contributed by atoms with van der Waals surface area (Å²) < 4.78 is 20.4. The van der Waals surface area contributed by atoms with Gasteiger partial charge in [-0.3, -0.25) is 4.79 Å². The summed E-state index contributed by atoms with van der Waals surface area (Å²) >= 11 is 0. The van der Waals surface area contributed by atoms with Crippen molar-refractivity contribution in [1.82, 2.24) is 0 Å². The molecule has 0 unspecified atom stereocenters. The zero-order valence-electron chi connectivity index (χ0n) is 17.9. The van der Waals surface area contributed by atoms with Crippen LogP contribution in [0.4, 0.5) is 31.9 Å². The minimum atomic E-state index is -0.456. The smallest absolute Gasteiger partial charge is 0.323 e. The molecule has 0 saturated carbocycles. The van der Waals surface area contributed by atoms with Gasteiger partial charge in [0.05, 0.1) is 17.9 Å². The number of hydrogen-bond acceptors (Lipinski definition) is 4. The van der Waals surface area contributed by atoms with E-state index in [1.165, 1.54) is 6.07 Å². The summed E-state index contributed by atoms with van der Waals surface area (Å²) in [6.07, 6.45) is 0.806. The maximum absolute atomic E-state index is 14.7. The molecular weight excluding hydrogens is 399 g/mol. The Morgan fingerprint density at radius 3 is 2.23 bits per heavy atom. The van der Waals surface area contributed by atoms with Crippen molar-refractivity contribution in [1.29, 1.82) is 0 Å². The minimum Gasteiger partial charge on any atom is -0.372 e. The molecule has 2 heterocycles. The Hall–Kier alpha value is -3.13. The number of carbonyl (C=O) groups is 2. The van der Waals surface area contributed by atoms with Gasteiger partial charge < -0.3 is 25.2 Å². The molecule has 0 spiro atoms. The van der Waals surface area contributed by atoms with E-state index in [1.54, 1.807) is 30.0 Å². The fourth-order valence-corrected chi connectivity index (χ4v) is 4.32. The highest BCUT2D eigenvalue weighted by molar-refractivity contribution is 6.00. The van der Waals surface area contributed by atoms with Crippen LogP contribution in [0.25, 0.3) is 0 Å². The van der Waals surface area contributed by atoms with Gasteiger partial charge in [0.25, 0.3) is 0 Å². The van der Waals surface area contributed by atoms with Crippen molar-refractivity contribution in [2.24, 2.45) is 0 Å². The van der Waals surface area contributed by atoms with Crippen LogP contribution in [-0.4, -0.2) is 43.8 Å². The average molecular weight is 426 g/mol. The molecule has 2 aliphatic rings. The number of urea groups is 1. The van der Waals surface area contributed by atoms with Crippen molar-refractivity contribution in [3.8, 4) is 0 Å². The monoisotopic (exact) mass is 426 g/mol. The standard InChI is InChI=1S/C23H27FN4O3/c1-14-12-27(13-15(2)31-14)22-7-5-19(11-20(22)24)26-23(30)25-18-4-6-21-17(10-18)8-9-28(21)16(3)29/h4-7,10-11,14-15H,8-9,12-13H2,1-3H3,(H2,25,26,30)/t14-,15-/m0/s1. The van der Waals surface area contributed by atoms with Gasteiger partial charge in [0.15, 0.2) is 0 Å². The Morgan fingerprint density at radius 1 is 1.00 bits per heavy atom.